The van der Waals surface area contributed by atoms with Gasteiger partial charge in [-0.2, -0.15) is 0 Å². The number of hydrogen-bond acceptors (Lipinski definition) is 4. The lowest BCUT2D eigenvalue weighted by Crippen LogP contribution is -2.45. The highest BCUT2D eigenvalue weighted by atomic mass is 35.5. The monoisotopic (exact) mass is 412 g/mol. The molecule has 1 aromatic carbocycles. The molecule has 2 aromatic rings. The van der Waals surface area contributed by atoms with Crippen molar-refractivity contribution >= 4 is 17.5 Å². The molecule has 1 saturated heterocycles. The summed E-state index contributed by atoms with van der Waals surface area (Å²) in [5, 5.41) is 3.94. The van der Waals surface area contributed by atoms with E-state index in [4.69, 9.17) is 11.6 Å². The van der Waals surface area contributed by atoms with Gasteiger partial charge in [0.05, 0.1) is 17.9 Å². The summed E-state index contributed by atoms with van der Waals surface area (Å²) in [6.07, 6.45) is 11.6. The Morgan fingerprint density at radius 1 is 1.10 bits per heavy atom. The Bertz CT molecular complexity index is 837. The number of amides is 1. The zero-order valence-electron chi connectivity index (χ0n) is 16.8. The van der Waals surface area contributed by atoms with Crippen LogP contribution in [0.3, 0.4) is 0 Å². The van der Waals surface area contributed by atoms with Crippen molar-refractivity contribution in [3.05, 3.63) is 47.4 Å². The molecule has 0 unspecified atom stereocenters. The average Bonchev–Trinajstić information content (AvgIpc) is 2.74. The lowest BCUT2D eigenvalue weighted by atomic mass is 9.91. The van der Waals surface area contributed by atoms with Crippen LogP contribution in [0.4, 0.5) is 0 Å². The predicted molar refractivity (Wildman–Crippen MR) is 116 cm³/mol. The maximum atomic E-state index is 12.6. The van der Waals surface area contributed by atoms with E-state index in [1.807, 2.05) is 24.3 Å². The van der Waals surface area contributed by atoms with Crippen molar-refractivity contribution in [1.29, 1.82) is 0 Å². The molecular weight excluding hydrogens is 384 g/mol. The Labute approximate surface area is 177 Å². The number of piperidine rings is 1. The van der Waals surface area contributed by atoms with Gasteiger partial charge >= 0.3 is 0 Å². The minimum atomic E-state index is 0.159. The Kier molecular flexibility index (Phi) is 6.78. The molecular formula is C23H29ClN4O. The second kappa shape index (κ2) is 9.68. The molecule has 0 bridgehead atoms. The van der Waals surface area contributed by atoms with Crippen LogP contribution in [0.2, 0.25) is 5.02 Å². The SMILES string of the molecule is O=C(CN1CCC[C@H](c2nccnc2-c2cccc(Cl)c2)C1)NC1CCCCC1. The van der Waals surface area contributed by atoms with Crippen LogP contribution in [-0.2, 0) is 4.79 Å². The minimum Gasteiger partial charge on any atom is -0.352 e. The van der Waals surface area contributed by atoms with E-state index >= 15 is 0 Å². The van der Waals surface area contributed by atoms with Crippen molar-refractivity contribution in [2.24, 2.45) is 0 Å². The molecule has 2 heterocycles. The lowest BCUT2D eigenvalue weighted by molar-refractivity contribution is -0.123. The van der Waals surface area contributed by atoms with E-state index in [0.717, 1.165) is 55.7 Å². The molecule has 2 aliphatic rings. The van der Waals surface area contributed by atoms with Crippen LogP contribution in [0.15, 0.2) is 36.7 Å². The van der Waals surface area contributed by atoms with Crippen LogP contribution in [0.25, 0.3) is 11.3 Å². The summed E-state index contributed by atoms with van der Waals surface area (Å²) in [5.74, 6) is 0.431. The molecule has 1 aromatic heterocycles. The van der Waals surface area contributed by atoms with Crippen LogP contribution in [0.5, 0.6) is 0 Å². The van der Waals surface area contributed by atoms with Gasteiger partial charge in [-0.05, 0) is 44.4 Å². The molecule has 0 radical (unpaired) electrons. The van der Waals surface area contributed by atoms with Crippen LogP contribution < -0.4 is 5.32 Å². The first-order valence-corrected chi connectivity index (χ1v) is 11.2. The Morgan fingerprint density at radius 3 is 2.76 bits per heavy atom. The standard InChI is InChI=1S/C23H29ClN4O/c24-19-8-4-6-17(14-19)22-23(26-12-11-25-22)18-7-5-13-28(15-18)16-21(29)27-20-9-2-1-3-10-20/h4,6,8,11-12,14,18,20H,1-3,5,7,9-10,13,15-16H2,(H,27,29)/t18-/m0/s1. The number of nitrogens with zero attached hydrogens (tertiary/aromatic N) is 3. The van der Waals surface area contributed by atoms with Gasteiger partial charge in [-0.1, -0.05) is 43.0 Å². The van der Waals surface area contributed by atoms with Crippen LogP contribution >= 0.6 is 11.6 Å². The van der Waals surface area contributed by atoms with E-state index in [-0.39, 0.29) is 11.8 Å². The zero-order valence-corrected chi connectivity index (χ0v) is 17.6. The number of hydrogen-bond donors (Lipinski definition) is 1. The third-order valence-corrected chi connectivity index (χ3v) is 6.29. The molecule has 1 atom stereocenters. The van der Waals surface area contributed by atoms with Gasteiger partial charge in [0, 0.05) is 41.5 Å². The van der Waals surface area contributed by atoms with Crippen molar-refractivity contribution in [3.63, 3.8) is 0 Å². The van der Waals surface area contributed by atoms with Crippen molar-refractivity contribution in [2.75, 3.05) is 19.6 Å². The Balaban J connectivity index is 1.43. The summed E-state index contributed by atoms with van der Waals surface area (Å²) < 4.78 is 0. The number of halogens is 1. The van der Waals surface area contributed by atoms with E-state index in [1.165, 1.54) is 19.3 Å². The number of nitrogens with one attached hydrogen (secondary N) is 1. The first-order valence-electron chi connectivity index (χ1n) is 10.8. The van der Waals surface area contributed by atoms with Crippen LogP contribution in [-0.4, -0.2) is 46.5 Å². The third kappa shape index (κ3) is 5.34. The highest BCUT2D eigenvalue weighted by Gasteiger charge is 2.27. The summed E-state index contributed by atoms with van der Waals surface area (Å²) in [5.41, 5.74) is 2.90. The second-order valence-electron chi connectivity index (χ2n) is 8.28. The molecule has 1 aliphatic carbocycles. The van der Waals surface area contributed by atoms with Gasteiger partial charge in [0.2, 0.25) is 5.91 Å². The number of rotatable bonds is 5. The van der Waals surface area contributed by atoms with E-state index in [9.17, 15) is 4.79 Å². The number of carbonyl (C=O) groups excluding carboxylic acids is 1. The fourth-order valence-corrected chi connectivity index (χ4v) is 4.84. The van der Waals surface area contributed by atoms with Crippen molar-refractivity contribution < 1.29 is 4.79 Å². The first kappa shape index (κ1) is 20.3. The average molecular weight is 413 g/mol. The summed E-state index contributed by atoms with van der Waals surface area (Å²) in [4.78, 5) is 24.1. The smallest absolute Gasteiger partial charge is 0.234 e. The van der Waals surface area contributed by atoms with Gasteiger partial charge in [0.15, 0.2) is 0 Å². The van der Waals surface area contributed by atoms with E-state index in [0.29, 0.717) is 17.6 Å². The lowest BCUT2D eigenvalue weighted by Gasteiger charge is -2.33. The number of benzene rings is 1. The molecule has 0 spiro atoms. The van der Waals surface area contributed by atoms with Gasteiger partial charge in [-0.25, -0.2) is 0 Å². The fourth-order valence-electron chi connectivity index (χ4n) is 4.65. The minimum absolute atomic E-state index is 0.159. The van der Waals surface area contributed by atoms with Crippen molar-refractivity contribution in [1.82, 2.24) is 20.2 Å². The summed E-state index contributed by atoms with van der Waals surface area (Å²) in [7, 11) is 0. The Hall–Kier alpha value is -1.98. The summed E-state index contributed by atoms with van der Waals surface area (Å²) in [6.45, 7) is 2.27. The molecule has 6 heteroatoms. The molecule has 1 saturated carbocycles. The molecule has 154 valence electrons. The van der Waals surface area contributed by atoms with Crippen molar-refractivity contribution in [3.8, 4) is 11.3 Å². The topological polar surface area (TPSA) is 58.1 Å². The number of carbonyl (C=O) groups is 1. The van der Waals surface area contributed by atoms with E-state index in [2.05, 4.69) is 20.2 Å². The zero-order chi connectivity index (χ0) is 20.1. The van der Waals surface area contributed by atoms with Gasteiger partial charge in [0.25, 0.3) is 0 Å². The molecule has 1 aliphatic heterocycles. The molecule has 4 rings (SSSR count). The number of likely N-dealkylation sites (tertiary alicyclic amines) is 1. The molecule has 1 N–H and O–H groups in total. The van der Waals surface area contributed by atoms with Gasteiger partial charge in [-0.15, -0.1) is 0 Å². The molecule has 5 nitrogen and oxygen atoms in total. The van der Waals surface area contributed by atoms with Gasteiger partial charge < -0.3 is 5.32 Å². The van der Waals surface area contributed by atoms with E-state index in [1.54, 1.807) is 12.4 Å². The van der Waals surface area contributed by atoms with Gasteiger partial charge in [0.1, 0.15) is 0 Å². The molecule has 2 fully saturated rings. The van der Waals surface area contributed by atoms with Crippen LogP contribution in [0.1, 0.15) is 56.6 Å². The van der Waals surface area contributed by atoms with Crippen LogP contribution in [0, 0.1) is 0 Å². The highest BCUT2D eigenvalue weighted by molar-refractivity contribution is 6.30. The van der Waals surface area contributed by atoms with E-state index < -0.39 is 0 Å². The third-order valence-electron chi connectivity index (χ3n) is 6.05. The number of aromatic nitrogens is 2. The quantitative estimate of drug-likeness (QED) is 0.789. The van der Waals surface area contributed by atoms with Crippen molar-refractivity contribution in [2.45, 2.75) is 56.9 Å². The normalized spacial score (nSPS) is 21.1. The molecule has 1 amide bonds. The van der Waals surface area contributed by atoms with Gasteiger partial charge in [-0.3, -0.25) is 19.7 Å². The largest absolute Gasteiger partial charge is 0.352 e. The first-order chi connectivity index (χ1) is 14.2. The maximum Gasteiger partial charge on any atom is 0.234 e. The fraction of sp³-hybridized carbons (Fsp3) is 0.522. The predicted octanol–water partition coefficient (Wildman–Crippen LogP) is 4.43. The maximum absolute atomic E-state index is 12.6. The molecule has 29 heavy (non-hydrogen) atoms. The summed E-state index contributed by atoms with van der Waals surface area (Å²) >= 11 is 6.19. The Morgan fingerprint density at radius 2 is 1.93 bits per heavy atom. The summed E-state index contributed by atoms with van der Waals surface area (Å²) in [6, 6.07) is 8.14. The highest BCUT2D eigenvalue weighted by Crippen LogP contribution is 2.32. The second-order valence-corrected chi connectivity index (χ2v) is 8.71.